The van der Waals surface area contributed by atoms with Gasteiger partial charge in [-0.15, -0.1) is 11.3 Å². The summed E-state index contributed by atoms with van der Waals surface area (Å²) in [4.78, 5) is 29.4. The van der Waals surface area contributed by atoms with Crippen LogP contribution in [0.5, 0.6) is 5.75 Å². The number of carbonyl (C=O) groups is 2. The molecule has 3 rings (SSSR count). The van der Waals surface area contributed by atoms with Gasteiger partial charge in [-0.2, -0.15) is 0 Å². The zero-order chi connectivity index (χ0) is 18.1. The molecule has 1 aliphatic heterocycles. The van der Waals surface area contributed by atoms with E-state index in [2.05, 4.69) is 0 Å². The highest BCUT2D eigenvalue weighted by Gasteiger charge is 2.30. The monoisotopic (exact) mass is 360 g/mol. The van der Waals surface area contributed by atoms with E-state index >= 15 is 0 Å². The molecule has 1 aromatic carbocycles. The van der Waals surface area contributed by atoms with Crippen molar-refractivity contribution in [3.05, 3.63) is 28.6 Å². The van der Waals surface area contributed by atoms with Crippen LogP contribution in [0.2, 0.25) is 0 Å². The highest BCUT2D eigenvalue weighted by atomic mass is 32.1. The number of rotatable bonds is 3. The van der Waals surface area contributed by atoms with Crippen LogP contribution in [0.15, 0.2) is 18.2 Å². The second kappa shape index (κ2) is 7.04. The summed E-state index contributed by atoms with van der Waals surface area (Å²) in [6.07, 6.45) is 1.47. The number of ether oxygens (including phenoxy) is 1. The maximum absolute atomic E-state index is 13.0. The van der Waals surface area contributed by atoms with Crippen molar-refractivity contribution in [1.82, 2.24) is 9.80 Å². The summed E-state index contributed by atoms with van der Waals surface area (Å²) in [6, 6.07) is 5.91. The zero-order valence-corrected chi connectivity index (χ0v) is 16.0. The lowest BCUT2D eigenvalue weighted by molar-refractivity contribution is -0.134. The van der Waals surface area contributed by atoms with Gasteiger partial charge in [-0.1, -0.05) is 0 Å². The number of methoxy groups -OCH3 is 1. The van der Waals surface area contributed by atoms with Crippen LogP contribution in [0.3, 0.4) is 0 Å². The van der Waals surface area contributed by atoms with E-state index in [1.54, 1.807) is 26.1 Å². The molecule has 134 valence electrons. The normalized spacial score (nSPS) is 15.4. The van der Waals surface area contributed by atoms with E-state index in [4.69, 9.17) is 4.74 Å². The van der Waals surface area contributed by atoms with E-state index in [1.807, 2.05) is 30.0 Å². The third-order valence-corrected chi connectivity index (χ3v) is 6.17. The minimum Gasteiger partial charge on any atom is -0.497 e. The third kappa shape index (κ3) is 3.35. The fourth-order valence-corrected chi connectivity index (χ4v) is 4.53. The number of benzene rings is 1. The van der Waals surface area contributed by atoms with E-state index in [9.17, 15) is 9.59 Å². The summed E-state index contributed by atoms with van der Waals surface area (Å²) in [5.74, 6) is 1.08. The van der Waals surface area contributed by atoms with Crippen molar-refractivity contribution in [2.24, 2.45) is 5.92 Å². The molecule has 0 N–H and O–H groups in total. The Hall–Kier alpha value is -2.08. The quantitative estimate of drug-likeness (QED) is 0.845. The first-order valence-corrected chi connectivity index (χ1v) is 9.31. The molecule has 0 atom stereocenters. The van der Waals surface area contributed by atoms with E-state index in [1.165, 1.54) is 11.3 Å². The summed E-state index contributed by atoms with van der Waals surface area (Å²) in [7, 11) is 5.22. The molecule has 0 unspecified atom stereocenters. The Kier molecular flexibility index (Phi) is 4.99. The van der Waals surface area contributed by atoms with Crippen LogP contribution in [-0.2, 0) is 4.79 Å². The highest BCUT2D eigenvalue weighted by molar-refractivity contribution is 7.21. The Bertz CT molecular complexity index is 804. The Morgan fingerprint density at radius 1 is 1.24 bits per heavy atom. The number of fused-ring (bicyclic) bond motifs is 1. The number of hydrogen-bond acceptors (Lipinski definition) is 4. The highest BCUT2D eigenvalue weighted by Crippen LogP contribution is 2.34. The molecule has 1 aliphatic rings. The lowest BCUT2D eigenvalue weighted by Crippen LogP contribution is -2.42. The summed E-state index contributed by atoms with van der Waals surface area (Å²) in [5.41, 5.74) is 1.01. The average molecular weight is 360 g/mol. The first kappa shape index (κ1) is 17.7. The molecule has 0 aliphatic carbocycles. The number of aryl methyl sites for hydroxylation is 1. The fraction of sp³-hybridized carbons (Fsp3) is 0.474. The summed E-state index contributed by atoms with van der Waals surface area (Å²) < 4.78 is 6.39. The Morgan fingerprint density at radius 3 is 2.52 bits per heavy atom. The van der Waals surface area contributed by atoms with E-state index in [0.29, 0.717) is 13.1 Å². The van der Waals surface area contributed by atoms with Gasteiger partial charge in [0, 0.05) is 37.8 Å². The standard InChI is InChI=1S/C19H24N2O3S/c1-12-15-11-14(24-4)5-6-16(15)25-17(12)19(23)21-9-7-13(8-10-21)18(22)20(2)3/h5-6,11,13H,7-10H2,1-4H3. The predicted octanol–water partition coefficient (Wildman–Crippen LogP) is 3.16. The van der Waals surface area contributed by atoms with Crippen molar-refractivity contribution in [2.75, 3.05) is 34.3 Å². The maximum atomic E-state index is 13.0. The smallest absolute Gasteiger partial charge is 0.264 e. The largest absolute Gasteiger partial charge is 0.497 e. The van der Waals surface area contributed by atoms with Crippen LogP contribution in [0.1, 0.15) is 28.1 Å². The number of nitrogens with zero attached hydrogens (tertiary/aromatic N) is 2. The van der Waals surface area contributed by atoms with Crippen molar-refractivity contribution >= 4 is 33.2 Å². The number of amides is 2. The van der Waals surface area contributed by atoms with E-state index in [-0.39, 0.29) is 17.7 Å². The number of carbonyl (C=O) groups excluding carboxylic acids is 2. The van der Waals surface area contributed by atoms with Crippen LogP contribution in [0.25, 0.3) is 10.1 Å². The zero-order valence-electron chi connectivity index (χ0n) is 15.2. The van der Waals surface area contributed by atoms with Crippen LogP contribution < -0.4 is 4.74 Å². The van der Waals surface area contributed by atoms with Gasteiger partial charge in [0.2, 0.25) is 5.91 Å². The molecule has 1 saturated heterocycles. The molecule has 2 heterocycles. The molecule has 0 bridgehead atoms. The molecule has 0 radical (unpaired) electrons. The Morgan fingerprint density at radius 2 is 1.92 bits per heavy atom. The lowest BCUT2D eigenvalue weighted by Gasteiger charge is -2.32. The van der Waals surface area contributed by atoms with Gasteiger partial charge in [-0.05, 0) is 48.9 Å². The summed E-state index contributed by atoms with van der Waals surface area (Å²) in [6.45, 7) is 3.27. The van der Waals surface area contributed by atoms with Gasteiger partial charge in [-0.25, -0.2) is 0 Å². The van der Waals surface area contributed by atoms with Crippen molar-refractivity contribution < 1.29 is 14.3 Å². The number of piperidine rings is 1. The van der Waals surface area contributed by atoms with Crippen molar-refractivity contribution in [1.29, 1.82) is 0 Å². The summed E-state index contributed by atoms with van der Waals surface area (Å²) >= 11 is 1.53. The van der Waals surface area contributed by atoms with Crippen molar-refractivity contribution in [3.63, 3.8) is 0 Å². The number of hydrogen-bond donors (Lipinski definition) is 0. The van der Waals surface area contributed by atoms with Gasteiger partial charge < -0.3 is 14.5 Å². The minimum absolute atomic E-state index is 0.0341. The molecule has 1 aromatic heterocycles. The van der Waals surface area contributed by atoms with E-state index in [0.717, 1.165) is 39.1 Å². The van der Waals surface area contributed by atoms with Gasteiger partial charge in [0.25, 0.3) is 5.91 Å². The van der Waals surface area contributed by atoms with Crippen LogP contribution in [-0.4, -0.2) is 55.9 Å². The molecule has 0 spiro atoms. The fourth-order valence-electron chi connectivity index (χ4n) is 3.37. The van der Waals surface area contributed by atoms with Crippen LogP contribution in [0, 0.1) is 12.8 Å². The molecule has 25 heavy (non-hydrogen) atoms. The molecule has 5 nitrogen and oxygen atoms in total. The van der Waals surface area contributed by atoms with Crippen LogP contribution in [0.4, 0.5) is 0 Å². The topological polar surface area (TPSA) is 49.9 Å². The van der Waals surface area contributed by atoms with Gasteiger partial charge >= 0.3 is 0 Å². The first-order valence-electron chi connectivity index (χ1n) is 8.50. The molecule has 0 saturated carbocycles. The van der Waals surface area contributed by atoms with Gasteiger partial charge in [0.05, 0.1) is 12.0 Å². The molecular formula is C19H24N2O3S. The number of thiophene rings is 1. The molecule has 6 heteroatoms. The second-order valence-electron chi connectivity index (χ2n) is 6.72. The molecular weight excluding hydrogens is 336 g/mol. The van der Waals surface area contributed by atoms with Gasteiger partial charge in [0.15, 0.2) is 0 Å². The molecule has 2 amide bonds. The SMILES string of the molecule is COc1ccc2sc(C(=O)N3CCC(C(=O)N(C)C)CC3)c(C)c2c1. The predicted molar refractivity (Wildman–Crippen MR) is 100 cm³/mol. The summed E-state index contributed by atoms with van der Waals surface area (Å²) in [5, 5.41) is 1.07. The Labute approximate surface area is 152 Å². The molecule has 2 aromatic rings. The van der Waals surface area contributed by atoms with Crippen LogP contribution >= 0.6 is 11.3 Å². The van der Waals surface area contributed by atoms with Crippen molar-refractivity contribution in [2.45, 2.75) is 19.8 Å². The second-order valence-corrected chi connectivity index (χ2v) is 7.77. The van der Waals surface area contributed by atoms with E-state index < -0.39 is 0 Å². The van der Waals surface area contributed by atoms with Crippen molar-refractivity contribution in [3.8, 4) is 5.75 Å². The third-order valence-electron chi connectivity index (χ3n) is 4.91. The number of likely N-dealkylation sites (tertiary alicyclic amines) is 1. The lowest BCUT2D eigenvalue weighted by atomic mass is 9.95. The Balaban J connectivity index is 1.77. The average Bonchev–Trinajstić information content (AvgIpc) is 2.96. The molecule has 1 fully saturated rings. The maximum Gasteiger partial charge on any atom is 0.264 e. The first-order chi connectivity index (χ1) is 11.9. The van der Waals surface area contributed by atoms with Gasteiger partial charge in [-0.3, -0.25) is 9.59 Å². The van der Waals surface area contributed by atoms with Gasteiger partial charge in [0.1, 0.15) is 5.75 Å². The minimum atomic E-state index is 0.0341.